The van der Waals surface area contributed by atoms with E-state index < -0.39 is 5.60 Å². The molecule has 7 nitrogen and oxygen atoms in total. The Morgan fingerprint density at radius 2 is 1.86 bits per heavy atom. The van der Waals surface area contributed by atoms with Gasteiger partial charge in [-0.15, -0.1) is 11.3 Å². The first-order chi connectivity index (χ1) is 16.7. The molecule has 0 saturated carbocycles. The Labute approximate surface area is 208 Å². The van der Waals surface area contributed by atoms with Gasteiger partial charge in [0.1, 0.15) is 23.2 Å². The summed E-state index contributed by atoms with van der Waals surface area (Å²) < 4.78 is 17.9. The highest BCUT2D eigenvalue weighted by Crippen LogP contribution is 2.28. The van der Waals surface area contributed by atoms with E-state index in [1.807, 2.05) is 39.0 Å². The van der Waals surface area contributed by atoms with Gasteiger partial charge in [-0.2, -0.15) is 5.26 Å². The third kappa shape index (κ3) is 6.74. The van der Waals surface area contributed by atoms with Crippen LogP contribution in [0.5, 0.6) is 11.5 Å². The summed E-state index contributed by atoms with van der Waals surface area (Å²) in [5, 5.41) is 10.1. The molecule has 1 saturated heterocycles. The number of hydrogen-bond donors (Lipinski definition) is 0. The van der Waals surface area contributed by atoms with E-state index in [0.717, 1.165) is 21.4 Å². The smallest absolute Gasteiger partial charge is 0.410 e. The van der Waals surface area contributed by atoms with Crippen molar-refractivity contribution in [2.24, 2.45) is 0 Å². The van der Waals surface area contributed by atoms with Gasteiger partial charge in [-0.25, -0.2) is 4.79 Å². The van der Waals surface area contributed by atoms with Crippen LogP contribution >= 0.6 is 11.3 Å². The second kappa shape index (κ2) is 10.4. The van der Waals surface area contributed by atoms with E-state index in [2.05, 4.69) is 6.07 Å². The molecule has 0 unspecified atom stereocenters. The zero-order chi connectivity index (χ0) is 25.0. The van der Waals surface area contributed by atoms with Crippen molar-refractivity contribution in [3.05, 3.63) is 59.0 Å². The van der Waals surface area contributed by atoms with Gasteiger partial charge in [-0.1, -0.05) is 6.07 Å². The Bertz CT molecular complexity index is 1250. The maximum Gasteiger partial charge on any atom is 0.410 e. The lowest BCUT2D eigenvalue weighted by atomic mass is 10.2. The number of nitriles is 1. The highest BCUT2D eigenvalue weighted by Gasteiger charge is 2.30. The van der Waals surface area contributed by atoms with Crippen molar-refractivity contribution in [3.63, 3.8) is 0 Å². The number of benzene rings is 2. The summed E-state index contributed by atoms with van der Waals surface area (Å²) in [6, 6.07) is 16.7. The van der Waals surface area contributed by atoms with Crippen LogP contribution < -0.4 is 9.47 Å². The number of carbonyl (C=O) groups excluding carboxylic acids is 2. The van der Waals surface area contributed by atoms with Gasteiger partial charge in [-0.3, -0.25) is 4.79 Å². The largest absolute Gasteiger partial charge is 0.489 e. The van der Waals surface area contributed by atoms with Gasteiger partial charge in [0.05, 0.1) is 24.6 Å². The van der Waals surface area contributed by atoms with E-state index in [9.17, 15) is 9.59 Å². The molecule has 3 aromatic rings. The molecule has 1 aliphatic heterocycles. The Hall–Kier alpha value is -3.57. The molecule has 0 radical (unpaired) electrons. The first-order valence-electron chi connectivity index (χ1n) is 11.6. The van der Waals surface area contributed by atoms with Crippen LogP contribution in [0.2, 0.25) is 0 Å². The number of carbonyl (C=O) groups is 2. The third-order valence-electron chi connectivity index (χ3n) is 5.43. The van der Waals surface area contributed by atoms with Crippen molar-refractivity contribution in [1.29, 1.82) is 5.26 Å². The molecular weight excluding hydrogens is 464 g/mol. The van der Waals surface area contributed by atoms with Crippen molar-refractivity contribution in [2.45, 2.75) is 51.7 Å². The molecule has 0 bridgehead atoms. The van der Waals surface area contributed by atoms with Crippen LogP contribution in [0.25, 0.3) is 10.1 Å². The lowest BCUT2D eigenvalue weighted by Crippen LogP contribution is -2.36. The zero-order valence-electron chi connectivity index (χ0n) is 20.1. The van der Waals surface area contributed by atoms with E-state index in [1.54, 1.807) is 46.6 Å². The number of nitrogens with zero attached hydrogens (tertiary/aromatic N) is 2. The number of esters is 1. The predicted octanol–water partition coefficient (Wildman–Crippen LogP) is 5.70. The summed E-state index contributed by atoms with van der Waals surface area (Å²) in [5.74, 6) is 0.805. The standard InChI is InChI=1S/C27H28N2O5S/c1-27(2,3)34-26(31)29-13-12-22(17-29)32-20-6-8-21(9-7-20)33-25(30)11-10-23-15-19-5-4-18(16-28)14-24(19)35-23/h4-9,14-15,22H,10-13,17H2,1-3H3/t22-/m0/s1. The van der Waals surface area contributed by atoms with Gasteiger partial charge in [-0.05, 0) is 75.0 Å². The van der Waals surface area contributed by atoms with E-state index in [0.29, 0.717) is 36.6 Å². The lowest BCUT2D eigenvalue weighted by Gasteiger charge is -2.24. The third-order valence-corrected chi connectivity index (χ3v) is 6.59. The normalized spacial score (nSPS) is 15.6. The zero-order valence-corrected chi connectivity index (χ0v) is 20.9. The van der Waals surface area contributed by atoms with Crippen LogP contribution in [0.3, 0.4) is 0 Å². The van der Waals surface area contributed by atoms with Crippen molar-refractivity contribution in [1.82, 2.24) is 4.90 Å². The number of aryl methyl sites for hydroxylation is 1. The van der Waals surface area contributed by atoms with Crippen LogP contribution in [0.15, 0.2) is 48.5 Å². The molecule has 1 fully saturated rings. The molecule has 2 heterocycles. The fraction of sp³-hybridized carbons (Fsp3) is 0.370. The second-order valence-corrected chi connectivity index (χ2v) is 10.6. The number of amides is 1. The SMILES string of the molecule is CC(C)(C)OC(=O)N1CC[C@H](Oc2ccc(OC(=O)CCc3cc4ccc(C#N)cc4s3)cc2)C1. The first kappa shape index (κ1) is 24.6. The van der Waals surface area contributed by atoms with Crippen molar-refractivity contribution in [2.75, 3.05) is 13.1 Å². The van der Waals surface area contributed by atoms with Gasteiger partial charge in [0.15, 0.2) is 0 Å². The highest BCUT2D eigenvalue weighted by atomic mass is 32.1. The molecule has 1 aliphatic rings. The molecule has 0 N–H and O–H groups in total. The summed E-state index contributed by atoms with van der Waals surface area (Å²) >= 11 is 1.59. The fourth-order valence-electron chi connectivity index (χ4n) is 3.78. The van der Waals surface area contributed by atoms with Crippen molar-refractivity contribution in [3.8, 4) is 17.6 Å². The Morgan fingerprint density at radius 3 is 2.57 bits per heavy atom. The maximum absolute atomic E-state index is 12.3. The van der Waals surface area contributed by atoms with Gasteiger partial charge in [0.25, 0.3) is 0 Å². The molecule has 1 aromatic heterocycles. The van der Waals surface area contributed by atoms with Crippen molar-refractivity contribution < 1.29 is 23.8 Å². The number of likely N-dealkylation sites (tertiary alicyclic amines) is 1. The first-order valence-corrected chi connectivity index (χ1v) is 12.4. The predicted molar refractivity (Wildman–Crippen MR) is 134 cm³/mol. The van der Waals surface area contributed by atoms with Gasteiger partial charge in [0, 0.05) is 22.5 Å². The summed E-state index contributed by atoms with van der Waals surface area (Å²) in [4.78, 5) is 27.3. The lowest BCUT2D eigenvalue weighted by molar-refractivity contribution is -0.134. The molecule has 0 spiro atoms. The minimum Gasteiger partial charge on any atom is -0.489 e. The number of ether oxygens (including phenoxy) is 3. The van der Waals surface area contributed by atoms with Crippen LogP contribution in [-0.4, -0.2) is 41.8 Å². The van der Waals surface area contributed by atoms with Crippen LogP contribution in [-0.2, 0) is 16.0 Å². The van der Waals surface area contributed by atoms with Crippen LogP contribution in [0.1, 0.15) is 44.1 Å². The maximum atomic E-state index is 12.3. The Balaban J connectivity index is 1.24. The summed E-state index contributed by atoms with van der Waals surface area (Å²) in [7, 11) is 0. The Kier molecular flexibility index (Phi) is 7.27. The minimum absolute atomic E-state index is 0.110. The molecule has 1 amide bonds. The van der Waals surface area contributed by atoms with Crippen LogP contribution in [0.4, 0.5) is 4.79 Å². The monoisotopic (exact) mass is 492 g/mol. The topological polar surface area (TPSA) is 88.9 Å². The molecule has 0 aliphatic carbocycles. The molecule has 182 valence electrons. The average molecular weight is 493 g/mol. The van der Waals surface area contributed by atoms with Crippen LogP contribution in [0, 0.1) is 11.3 Å². The number of thiophene rings is 1. The molecule has 35 heavy (non-hydrogen) atoms. The average Bonchev–Trinajstić information content (AvgIpc) is 3.44. The fourth-order valence-corrected chi connectivity index (χ4v) is 4.89. The number of fused-ring (bicyclic) bond motifs is 1. The molecule has 1 atom stereocenters. The van der Waals surface area contributed by atoms with E-state index >= 15 is 0 Å². The van der Waals surface area contributed by atoms with Gasteiger partial charge < -0.3 is 19.1 Å². The number of rotatable bonds is 6. The molecular formula is C27H28N2O5S. The van der Waals surface area contributed by atoms with Gasteiger partial charge in [0.2, 0.25) is 0 Å². The quantitative estimate of drug-likeness (QED) is 0.324. The summed E-state index contributed by atoms with van der Waals surface area (Å²) in [5.41, 5.74) is 0.106. The second-order valence-electron chi connectivity index (χ2n) is 9.48. The van der Waals surface area contributed by atoms with Gasteiger partial charge >= 0.3 is 12.1 Å². The van der Waals surface area contributed by atoms with E-state index in [-0.39, 0.29) is 24.6 Å². The summed E-state index contributed by atoms with van der Waals surface area (Å²) in [6.07, 6.45) is 1.14. The highest BCUT2D eigenvalue weighted by molar-refractivity contribution is 7.19. The Morgan fingerprint density at radius 1 is 1.11 bits per heavy atom. The van der Waals surface area contributed by atoms with Crippen molar-refractivity contribution >= 4 is 33.5 Å². The molecule has 2 aromatic carbocycles. The minimum atomic E-state index is -0.525. The summed E-state index contributed by atoms with van der Waals surface area (Å²) in [6.45, 7) is 6.61. The molecule has 8 heteroatoms. The molecule has 4 rings (SSSR count). The van der Waals surface area contributed by atoms with E-state index in [1.165, 1.54) is 0 Å². The van der Waals surface area contributed by atoms with E-state index in [4.69, 9.17) is 19.5 Å². The number of hydrogen-bond acceptors (Lipinski definition) is 7.